The van der Waals surface area contributed by atoms with E-state index in [1.165, 1.54) is 0 Å². The Morgan fingerprint density at radius 1 is 1.21 bits per heavy atom. The van der Waals surface area contributed by atoms with Crippen LogP contribution in [0.25, 0.3) is 0 Å². The Hall–Kier alpha value is -1.11. The highest BCUT2D eigenvalue weighted by molar-refractivity contribution is 5.01. The van der Waals surface area contributed by atoms with E-state index in [1.54, 1.807) is 0 Å². The molecule has 1 N–H and O–H groups in total. The maximum atomic E-state index is 12.4. The summed E-state index contributed by atoms with van der Waals surface area (Å²) in [5, 5.41) is 9.71. The zero-order valence-electron chi connectivity index (χ0n) is 7.30. The van der Waals surface area contributed by atoms with Crippen molar-refractivity contribution >= 4 is 0 Å². The van der Waals surface area contributed by atoms with Gasteiger partial charge < -0.3 is 9.88 Å². The van der Waals surface area contributed by atoms with Crippen molar-refractivity contribution in [1.82, 2.24) is 20.1 Å². The van der Waals surface area contributed by atoms with Gasteiger partial charge in [0.1, 0.15) is 5.82 Å². The predicted octanol–water partition coefficient (Wildman–Crippen LogP) is 0.443. The SMILES string of the molecule is FC(F)(F)c1nnc2n1CCNCC2. The number of hydrogen-bond donors (Lipinski definition) is 1. The van der Waals surface area contributed by atoms with Crippen LogP contribution in [0.15, 0.2) is 0 Å². The number of alkyl halides is 3. The summed E-state index contributed by atoms with van der Waals surface area (Å²) < 4.78 is 38.3. The first-order chi connectivity index (χ1) is 6.59. The number of aromatic nitrogens is 3. The van der Waals surface area contributed by atoms with Crippen molar-refractivity contribution in [3.05, 3.63) is 11.6 Å². The van der Waals surface area contributed by atoms with Crippen LogP contribution in [-0.4, -0.2) is 27.9 Å². The Labute approximate surface area is 78.1 Å². The molecule has 0 spiro atoms. The number of nitrogens with one attached hydrogen (secondary N) is 1. The van der Waals surface area contributed by atoms with E-state index in [1.807, 2.05) is 0 Å². The summed E-state index contributed by atoms with van der Waals surface area (Å²) in [5.41, 5.74) is 0. The molecule has 4 nitrogen and oxygen atoms in total. The van der Waals surface area contributed by atoms with Gasteiger partial charge in [0, 0.05) is 26.1 Å². The lowest BCUT2D eigenvalue weighted by molar-refractivity contribution is -0.147. The molecular formula is C7H9F3N4. The molecule has 2 heterocycles. The molecule has 0 radical (unpaired) electrons. The van der Waals surface area contributed by atoms with E-state index < -0.39 is 12.0 Å². The minimum Gasteiger partial charge on any atom is -0.315 e. The standard InChI is InChI=1S/C7H9F3N4/c8-7(9,10)6-13-12-5-1-2-11-3-4-14(5)6/h11H,1-4H2. The fourth-order valence-corrected chi connectivity index (χ4v) is 1.48. The molecule has 1 aliphatic rings. The van der Waals surface area contributed by atoms with E-state index in [0.717, 1.165) is 4.57 Å². The van der Waals surface area contributed by atoms with Crippen molar-refractivity contribution in [3.8, 4) is 0 Å². The lowest BCUT2D eigenvalue weighted by atomic mass is 10.4. The third-order valence-corrected chi connectivity index (χ3v) is 2.12. The third kappa shape index (κ3) is 1.59. The van der Waals surface area contributed by atoms with Crippen LogP contribution in [0.5, 0.6) is 0 Å². The molecule has 7 heteroatoms. The van der Waals surface area contributed by atoms with Crippen LogP contribution in [0.3, 0.4) is 0 Å². The van der Waals surface area contributed by atoms with Gasteiger partial charge >= 0.3 is 6.18 Å². The van der Waals surface area contributed by atoms with Crippen molar-refractivity contribution in [2.45, 2.75) is 19.1 Å². The number of fused-ring (bicyclic) bond motifs is 1. The first-order valence-electron chi connectivity index (χ1n) is 4.29. The van der Waals surface area contributed by atoms with Crippen molar-refractivity contribution in [3.63, 3.8) is 0 Å². The molecule has 2 rings (SSSR count). The molecule has 0 unspecified atom stereocenters. The van der Waals surface area contributed by atoms with E-state index in [2.05, 4.69) is 15.5 Å². The van der Waals surface area contributed by atoms with Gasteiger partial charge in [0.2, 0.25) is 5.82 Å². The Balaban J connectivity index is 2.39. The average molecular weight is 206 g/mol. The minimum absolute atomic E-state index is 0.275. The normalized spacial score (nSPS) is 17.6. The molecule has 1 aliphatic heterocycles. The fraction of sp³-hybridized carbons (Fsp3) is 0.714. The van der Waals surface area contributed by atoms with Gasteiger partial charge in [-0.05, 0) is 0 Å². The summed E-state index contributed by atoms with van der Waals surface area (Å²) in [6.07, 6.45) is -3.92. The van der Waals surface area contributed by atoms with Crippen LogP contribution in [0, 0.1) is 0 Å². The largest absolute Gasteiger partial charge is 0.451 e. The Morgan fingerprint density at radius 3 is 2.71 bits per heavy atom. The van der Waals surface area contributed by atoms with Crippen molar-refractivity contribution in [2.24, 2.45) is 0 Å². The fourth-order valence-electron chi connectivity index (χ4n) is 1.48. The molecule has 0 atom stereocenters. The van der Waals surface area contributed by atoms with E-state index in [0.29, 0.717) is 25.3 Å². The molecule has 78 valence electrons. The molecule has 0 aromatic carbocycles. The Kier molecular flexibility index (Phi) is 2.18. The summed E-state index contributed by atoms with van der Waals surface area (Å²) in [7, 11) is 0. The van der Waals surface area contributed by atoms with Crippen LogP contribution >= 0.6 is 0 Å². The monoisotopic (exact) mass is 206 g/mol. The molecule has 1 aromatic rings. The Morgan fingerprint density at radius 2 is 2.00 bits per heavy atom. The van der Waals surface area contributed by atoms with Gasteiger partial charge in [-0.2, -0.15) is 13.2 Å². The summed E-state index contributed by atoms with van der Waals surface area (Å²) >= 11 is 0. The van der Waals surface area contributed by atoms with Crippen LogP contribution in [-0.2, 0) is 19.1 Å². The van der Waals surface area contributed by atoms with E-state index in [9.17, 15) is 13.2 Å². The molecular weight excluding hydrogens is 197 g/mol. The number of hydrogen-bond acceptors (Lipinski definition) is 3. The van der Waals surface area contributed by atoms with Crippen molar-refractivity contribution < 1.29 is 13.2 Å². The summed E-state index contributed by atoms with van der Waals surface area (Å²) in [6.45, 7) is 1.45. The van der Waals surface area contributed by atoms with E-state index in [4.69, 9.17) is 0 Å². The average Bonchev–Trinajstić information content (AvgIpc) is 2.36. The lowest BCUT2D eigenvalue weighted by Gasteiger charge is -2.08. The first kappa shape index (κ1) is 9.45. The van der Waals surface area contributed by atoms with Gasteiger partial charge in [-0.25, -0.2) is 0 Å². The van der Waals surface area contributed by atoms with Crippen LogP contribution in [0.4, 0.5) is 13.2 Å². The maximum absolute atomic E-state index is 12.4. The molecule has 0 saturated heterocycles. The third-order valence-electron chi connectivity index (χ3n) is 2.12. The predicted molar refractivity (Wildman–Crippen MR) is 41.6 cm³/mol. The van der Waals surface area contributed by atoms with E-state index >= 15 is 0 Å². The van der Waals surface area contributed by atoms with Gasteiger partial charge in [-0.15, -0.1) is 10.2 Å². The molecule has 0 aliphatic carbocycles. The van der Waals surface area contributed by atoms with Gasteiger partial charge in [0.15, 0.2) is 0 Å². The molecule has 1 aromatic heterocycles. The highest BCUT2D eigenvalue weighted by atomic mass is 19.4. The van der Waals surface area contributed by atoms with E-state index in [-0.39, 0.29) is 6.54 Å². The Bertz CT molecular complexity index is 330. The molecule has 0 bridgehead atoms. The van der Waals surface area contributed by atoms with Crippen LogP contribution in [0.1, 0.15) is 11.6 Å². The number of rotatable bonds is 0. The van der Waals surface area contributed by atoms with Gasteiger partial charge in [-0.3, -0.25) is 0 Å². The van der Waals surface area contributed by atoms with Crippen molar-refractivity contribution in [2.75, 3.05) is 13.1 Å². The zero-order valence-corrected chi connectivity index (χ0v) is 7.30. The van der Waals surface area contributed by atoms with Crippen molar-refractivity contribution in [1.29, 1.82) is 0 Å². The minimum atomic E-state index is -4.41. The smallest absolute Gasteiger partial charge is 0.315 e. The topological polar surface area (TPSA) is 42.7 Å². The zero-order chi connectivity index (χ0) is 10.2. The van der Waals surface area contributed by atoms with Crippen LogP contribution in [0.2, 0.25) is 0 Å². The number of nitrogens with zero attached hydrogens (tertiary/aromatic N) is 3. The summed E-state index contributed by atoms with van der Waals surface area (Å²) in [5.74, 6) is -0.487. The second-order valence-corrected chi connectivity index (χ2v) is 3.09. The highest BCUT2D eigenvalue weighted by Gasteiger charge is 2.38. The second kappa shape index (κ2) is 3.23. The van der Waals surface area contributed by atoms with Crippen LogP contribution < -0.4 is 5.32 Å². The van der Waals surface area contributed by atoms with Gasteiger partial charge in [-0.1, -0.05) is 0 Å². The first-order valence-corrected chi connectivity index (χ1v) is 4.29. The van der Waals surface area contributed by atoms with Gasteiger partial charge in [0.05, 0.1) is 0 Å². The maximum Gasteiger partial charge on any atom is 0.451 e. The molecule has 0 saturated carbocycles. The molecule has 0 fully saturated rings. The second-order valence-electron chi connectivity index (χ2n) is 3.09. The van der Waals surface area contributed by atoms with Gasteiger partial charge in [0.25, 0.3) is 0 Å². The lowest BCUT2D eigenvalue weighted by Crippen LogP contribution is -2.20. The summed E-state index contributed by atoms with van der Waals surface area (Å²) in [6, 6.07) is 0. The summed E-state index contributed by atoms with van der Waals surface area (Å²) in [4.78, 5) is 0. The highest BCUT2D eigenvalue weighted by Crippen LogP contribution is 2.28. The number of halogens is 3. The molecule has 0 amide bonds. The quantitative estimate of drug-likeness (QED) is 0.669. The molecule has 14 heavy (non-hydrogen) atoms.